The molecule has 0 radical (unpaired) electrons. The lowest BCUT2D eigenvalue weighted by Crippen LogP contribution is -2.03. The summed E-state index contributed by atoms with van der Waals surface area (Å²) in [5.74, 6) is 0.154. The van der Waals surface area contributed by atoms with E-state index in [1.165, 1.54) is 26.4 Å². The van der Waals surface area contributed by atoms with Crippen LogP contribution in [0.3, 0.4) is 0 Å². The topological polar surface area (TPSA) is 100 Å². The number of Topliss-reactive ketones (excluding diaryl/α,β-unsaturated/α-hetero) is 2. The Kier molecular flexibility index (Phi) is 7.73. The predicted molar refractivity (Wildman–Crippen MR) is 128 cm³/mol. The maximum absolute atomic E-state index is 12.8. The second-order valence-corrected chi connectivity index (χ2v) is 7.13. The number of nitriles is 2. The normalized spacial score (nSPS) is 11.2. The summed E-state index contributed by atoms with van der Waals surface area (Å²) in [6.07, 6.45) is 2.93. The second kappa shape index (κ2) is 11.1. The fourth-order valence-electron chi connectivity index (χ4n) is 3.21. The van der Waals surface area contributed by atoms with E-state index in [0.717, 1.165) is 0 Å². The first-order chi connectivity index (χ1) is 16.5. The van der Waals surface area contributed by atoms with Crippen LogP contribution >= 0.6 is 0 Å². The SMILES string of the molecule is COc1cccc(C(=O)C(C#N)=Cc2cccc(C=C(C#N)C(=O)c3cccc(OC)c3)c2)c1. The number of carbonyl (C=O) groups is 2. The largest absolute Gasteiger partial charge is 0.497 e. The van der Waals surface area contributed by atoms with Crippen LogP contribution < -0.4 is 9.47 Å². The van der Waals surface area contributed by atoms with Crippen LogP contribution in [0.15, 0.2) is 83.9 Å². The van der Waals surface area contributed by atoms with E-state index in [2.05, 4.69) is 0 Å². The standard InChI is InChI=1S/C28H20N2O4/c1-33-25-10-4-8-21(15-25)27(31)23(17-29)13-19-6-3-7-20(12-19)14-24(18-30)28(32)22-9-5-11-26(16-22)34-2/h3-16H,1-2H3. The van der Waals surface area contributed by atoms with Crippen LogP contribution in [0.1, 0.15) is 31.8 Å². The quantitative estimate of drug-likeness (QED) is 0.264. The number of ketones is 2. The monoisotopic (exact) mass is 448 g/mol. The molecule has 0 aliphatic carbocycles. The Morgan fingerprint density at radius 1 is 0.676 bits per heavy atom. The molecule has 0 heterocycles. The van der Waals surface area contributed by atoms with Gasteiger partial charge in [0.1, 0.15) is 34.8 Å². The predicted octanol–water partition coefficient (Wildman–Crippen LogP) is 5.28. The third kappa shape index (κ3) is 5.64. The van der Waals surface area contributed by atoms with Gasteiger partial charge in [-0.25, -0.2) is 0 Å². The number of rotatable bonds is 8. The summed E-state index contributed by atoms with van der Waals surface area (Å²) < 4.78 is 10.3. The first kappa shape index (κ1) is 23.7. The molecule has 0 saturated carbocycles. The van der Waals surface area contributed by atoms with Gasteiger partial charge < -0.3 is 9.47 Å². The average Bonchev–Trinajstić information content (AvgIpc) is 2.89. The maximum Gasteiger partial charge on any atom is 0.203 e. The van der Waals surface area contributed by atoms with Gasteiger partial charge in [0.25, 0.3) is 0 Å². The van der Waals surface area contributed by atoms with Gasteiger partial charge in [-0.05, 0) is 53.6 Å². The molecule has 34 heavy (non-hydrogen) atoms. The average molecular weight is 448 g/mol. The van der Waals surface area contributed by atoms with Crippen LogP contribution in [0.25, 0.3) is 12.2 Å². The highest BCUT2D eigenvalue weighted by Gasteiger charge is 2.15. The third-order valence-electron chi connectivity index (χ3n) is 4.93. The van der Waals surface area contributed by atoms with Gasteiger partial charge in [-0.3, -0.25) is 9.59 Å². The van der Waals surface area contributed by atoms with Crippen molar-refractivity contribution in [2.75, 3.05) is 14.2 Å². The van der Waals surface area contributed by atoms with Gasteiger partial charge in [0.05, 0.1) is 14.2 Å². The summed E-state index contributed by atoms with van der Waals surface area (Å²) in [6, 6.07) is 23.9. The molecule has 0 aliphatic heterocycles. The smallest absolute Gasteiger partial charge is 0.203 e. The van der Waals surface area contributed by atoms with Gasteiger partial charge in [0, 0.05) is 11.1 Å². The van der Waals surface area contributed by atoms with Crippen molar-refractivity contribution in [1.29, 1.82) is 10.5 Å². The zero-order chi connectivity index (χ0) is 24.5. The molecule has 3 aromatic carbocycles. The summed E-state index contributed by atoms with van der Waals surface area (Å²) in [4.78, 5) is 25.6. The number of nitrogens with zero attached hydrogens (tertiary/aromatic N) is 2. The molecule has 0 saturated heterocycles. The summed E-state index contributed by atoms with van der Waals surface area (Å²) in [6.45, 7) is 0. The molecule has 0 N–H and O–H groups in total. The molecular weight excluding hydrogens is 428 g/mol. The molecule has 6 nitrogen and oxygen atoms in total. The molecule has 0 unspecified atom stereocenters. The molecular formula is C28H20N2O4. The van der Waals surface area contributed by atoms with Gasteiger partial charge in [0.15, 0.2) is 0 Å². The van der Waals surface area contributed by atoms with E-state index in [-0.39, 0.29) is 11.1 Å². The Bertz CT molecular complexity index is 1290. The number of methoxy groups -OCH3 is 2. The minimum Gasteiger partial charge on any atom is -0.497 e. The zero-order valence-electron chi connectivity index (χ0n) is 18.6. The van der Waals surface area contributed by atoms with Crippen LogP contribution in [0.2, 0.25) is 0 Å². The minimum absolute atomic E-state index is 0.0534. The number of hydrogen-bond donors (Lipinski definition) is 0. The van der Waals surface area contributed by atoms with E-state index in [1.807, 2.05) is 12.1 Å². The lowest BCUT2D eigenvalue weighted by atomic mass is 9.99. The van der Waals surface area contributed by atoms with E-state index >= 15 is 0 Å². The van der Waals surface area contributed by atoms with Gasteiger partial charge >= 0.3 is 0 Å². The molecule has 0 aromatic heterocycles. The van der Waals surface area contributed by atoms with Crippen LogP contribution in [0.5, 0.6) is 11.5 Å². The second-order valence-electron chi connectivity index (χ2n) is 7.13. The van der Waals surface area contributed by atoms with Crippen molar-refractivity contribution in [1.82, 2.24) is 0 Å². The van der Waals surface area contributed by atoms with Crippen molar-refractivity contribution >= 4 is 23.7 Å². The van der Waals surface area contributed by atoms with Crippen molar-refractivity contribution in [3.63, 3.8) is 0 Å². The Morgan fingerprint density at radius 2 is 1.09 bits per heavy atom. The summed E-state index contributed by atoms with van der Waals surface area (Å²) >= 11 is 0. The first-order valence-electron chi connectivity index (χ1n) is 10.2. The molecule has 3 rings (SSSR count). The molecule has 6 heteroatoms. The van der Waals surface area contributed by atoms with Gasteiger partial charge in [-0.15, -0.1) is 0 Å². The summed E-state index contributed by atoms with van der Waals surface area (Å²) in [5, 5.41) is 19.1. The Labute approximate surface area is 197 Å². The maximum atomic E-state index is 12.8. The van der Waals surface area contributed by atoms with Gasteiger partial charge in [-0.1, -0.05) is 42.5 Å². The fourth-order valence-corrected chi connectivity index (χ4v) is 3.21. The minimum atomic E-state index is -0.437. The fraction of sp³-hybridized carbons (Fsp3) is 0.0714. The van der Waals surface area contributed by atoms with Gasteiger partial charge in [-0.2, -0.15) is 10.5 Å². The lowest BCUT2D eigenvalue weighted by Gasteiger charge is -2.05. The lowest BCUT2D eigenvalue weighted by molar-refractivity contribution is 0.103. The van der Waals surface area contributed by atoms with Crippen molar-refractivity contribution in [3.05, 3.63) is 106 Å². The zero-order valence-corrected chi connectivity index (χ0v) is 18.6. The Morgan fingerprint density at radius 3 is 1.47 bits per heavy atom. The van der Waals surface area contributed by atoms with Crippen molar-refractivity contribution in [2.45, 2.75) is 0 Å². The highest BCUT2D eigenvalue weighted by Crippen LogP contribution is 2.20. The Hall–Kier alpha value is -4.94. The van der Waals surface area contributed by atoms with Gasteiger partial charge in [0.2, 0.25) is 11.6 Å². The van der Waals surface area contributed by atoms with E-state index < -0.39 is 11.6 Å². The highest BCUT2D eigenvalue weighted by atomic mass is 16.5. The first-order valence-corrected chi connectivity index (χ1v) is 10.2. The number of carbonyl (C=O) groups excluding carboxylic acids is 2. The third-order valence-corrected chi connectivity index (χ3v) is 4.93. The molecule has 0 aliphatic rings. The van der Waals surface area contributed by atoms with Crippen LogP contribution in [0, 0.1) is 22.7 Å². The molecule has 0 atom stereocenters. The number of benzene rings is 3. The molecule has 0 spiro atoms. The van der Waals surface area contributed by atoms with Crippen LogP contribution in [-0.2, 0) is 0 Å². The molecule has 3 aromatic rings. The van der Waals surface area contributed by atoms with Crippen molar-refractivity contribution < 1.29 is 19.1 Å². The van der Waals surface area contributed by atoms with Crippen LogP contribution in [-0.4, -0.2) is 25.8 Å². The molecule has 0 amide bonds. The summed E-state index contributed by atoms with van der Waals surface area (Å²) in [7, 11) is 3.00. The molecule has 166 valence electrons. The van der Waals surface area contributed by atoms with Crippen LogP contribution in [0.4, 0.5) is 0 Å². The van der Waals surface area contributed by atoms with E-state index in [4.69, 9.17) is 9.47 Å². The highest BCUT2D eigenvalue weighted by molar-refractivity contribution is 6.15. The molecule has 0 fully saturated rings. The molecule has 0 bridgehead atoms. The number of hydrogen-bond acceptors (Lipinski definition) is 6. The number of allylic oxidation sites excluding steroid dienone is 2. The van der Waals surface area contributed by atoms with E-state index in [9.17, 15) is 20.1 Å². The number of ether oxygens (including phenoxy) is 2. The van der Waals surface area contributed by atoms with Crippen molar-refractivity contribution in [3.8, 4) is 23.6 Å². The van der Waals surface area contributed by atoms with Crippen molar-refractivity contribution in [2.24, 2.45) is 0 Å². The Balaban J connectivity index is 1.92. The summed E-state index contributed by atoms with van der Waals surface area (Å²) in [5.41, 5.74) is 1.71. The van der Waals surface area contributed by atoms with E-state index in [0.29, 0.717) is 33.8 Å². The van der Waals surface area contributed by atoms with E-state index in [1.54, 1.807) is 72.8 Å².